The molecule has 3 aromatic rings. The van der Waals surface area contributed by atoms with Crippen LogP contribution in [0, 0.1) is 12.7 Å². The summed E-state index contributed by atoms with van der Waals surface area (Å²) in [6.45, 7) is 1.74. The van der Waals surface area contributed by atoms with E-state index in [9.17, 15) is 9.18 Å². The molecule has 0 bridgehead atoms. The molecule has 0 spiro atoms. The van der Waals surface area contributed by atoms with Crippen LogP contribution < -0.4 is 19.5 Å². The summed E-state index contributed by atoms with van der Waals surface area (Å²) in [4.78, 5) is 13.2. The van der Waals surface area contributed by atoms with Crippen LogP contribution in [0.4, 0.5) is 10.1 Å². The highest BCUT2D eigenvalue weighted by Crippen LogP contribution is 2.40. The van der Waals surface area contributed by atoms with E-state index in [0.717, 1.165) is 4.70 Å². The molecule has 1 heterocycles. The fraction of sp³-hybridized carbons (Fsp3) is 0.211. The number of hydrogen-bond donors (Lipinski definition) is 1. The number of amides is 1. The molecule has 0 aliphatic rings. The lowest BCUT2D eigenvalue weighted by Gasteiger charge is -2.14. The van der Waals surface area contributed by atoms with Crippen LogP contribution in [0.15, 0.2) is 30.3 Å². The number of thiophene rings is 1. The van der Waals surface area contributed by atoms with E-state index in [-0.39, 0.29) is 11.7 Å². The Bertz CT molecular complexity index is 958. The zero-order valence-corrected chi connectivity index (χ0v) is 15.6. The van der Waals surface area contributed by atoms with Crippen LogP contribution in [0.1, 0.15) is 15.2 Å². The second-order valence-electron chi connectivity index (χ2n) is 5.54. The number of methoxy groups -OCH3 is 3. The molecule has 1 aromatic heterocycles. The predicted octanol–water partition coefficient (Wildman–Crippen LogP) is 4.63. The molecule has 1 amide bonds. The fourth-order valence-electron chi connectivity index (χ4n) is 2.81. The molecular weight excluding hydrogens is 357 g/mol. The number of carbonyl (C=O) groups excluding carboxylic acids is 1. The summed E-state index contributed by atoms with van der Waals surface area (Å²) < 4.78 is 30.6. The van der Waals surface area contributed by atoms with E-state index in [2.05, 4.69) is 5.32 Å². The molecule has 0 unspecified atom stereocenters. The normalized spacial score (nSPS) is 10.7. The number of benzene rings is 2. The minimum absolute atomic E-state index is 0.322. The lowest BCUT2D eigenvalue weighted by Crippen LogP contribution is -2.12. The number of carbonyl (C=O) groups is 1. The second kappa shape index (κ2) is 7.21. The molecule has 2 aromatic carbocycles. The second-order valence-corrected chi connectivity index (χ2v) is 6.59. The minimum Gasteiger partial charge on any atom is -0.493 e. The van der Waals surface area contributed by atoms with Crippen LogP contribution in [-0.2, 0) is 0 Å². The van der Waals surface area contributed by atoms with Gasteiger partial charge in [0.05, 0.1) is 26.2 Å². The van der Waals surface area contributed by atoms with Gasteiger partial charge in [0.15, 0.2) is 11.5 Å². The zero-order valence-electron chi connectivity index (χ0n) is 14.8. The van der Waals surface area contributed by atoms with Gasteiger partial charge in [0, 0.05) is 27.9 Å². The first-order chi connectivity index (χ1) is 12.5. The molecule has 0 aliphatic heterocycles. The zero-order chi connectivity index (χ0) is 18.8. The van der Waals surface area contributed by atoms with E-state index in [1.165, 1.54) is 38.7 Å². The molecule has 0 fully saturated rings. The number of anilines is 1. The molecule has 26 heavy (non-hydrogen) atoms. The highest BCUT2D eigenvalue weighted by molar-refractivity contribution is 7.21. The van der Waals surface area contributed by atoms with Gasteiger partial charge in [-0.05, 0) is 24.6 Å². The average Bonchev–Trinajstić information content (AvgIpc) is 2.98. The maximum atomic E-state index is 14.1. The molecule has 0 saturated carbocycles. The molecule has 0 radical (unpaired) electrons. The van der Waals surface area contributed by atoms with Gasteiger partial charge in [0.2, 0.25) is 5.75 Å². The first kappa shape index (κ1) is 18.0. The van der Waals surface area contributed by atoms with Crippen LogP contribution in [-0.4, -0.2) is 27.2 Å². The van der Waals surface area contributed by atoms with Crippen molar-refractivity contribution in [2.24, 2.45) is 0 Å². The number of halogens is 1. The van der Waals surface area contributed by atoms with Gasteiger partial charge >= 0.3 is 0 Å². The summed E-state index contributed by atoms with van der Waals surface area (Å²) in [5, 5.41) is 3.29. The van der Waals surface area contributed by atoms with Gasteiger partial charge in [-0.25, -0.2) is 4.39 Å². The Morgan fingerprint density at radius 3 is 2.27 bits per heavy atom. The fourth-order valence-corrected chi connectivity index (χ4v) is 3.93. The topological polar surface area (TPSA) is 56.8 Å². The van der Waals surface area contributed by atoms with Gasteiger partial charge in [-0.1, -0.05) is 6.07 Å². The molecule has 0 saturated heterocycles. The summed E-state index contributed by atoms with van der Waals surface area (Å²) in [6, 6.07) is 8.11. The smallest absolute Gasteiger partial charge is 0.266 e. The van der Waals surface area contributed by atoms with Crippen LogP contribution in [0.25, 0.3) is 10.1 Å². The monoisotopic (exact) mass is 375 g/mol. The van der Waals surface area contributed by atoms with Crippen molar-refractivity contribution in [1.82, 2.24) is 0 Å². The van der Waals surface area contributed by atoms with E-state index in [0.29, 0.717) is 38.8 Å². The van der Waals surface area contributed by atoms with E-state index < -0.39 is 0 Å². The van der Waals surface area contributed by atoms with Crippen molar-refractivity contribution >= 4 is 33.0 Å². The van der Waals surface area contributed by atoms with Gasteiger partial charge in [0.25, 0.3) is 5.91 Å². The first-order valence-electron chi connectivity index (χ1n) is 7.79. The van der Waals surface area contributed by atoms with Gasteiger partial charge in [-0.3, -0.25) is 4.79 Å². The Labute approximate surface area is 154 Å². The van der Waals surface area contributed by atoms with Gasteiger partial charge in [0.1, 0.15) is 5.82 Å². The van der Waals surface area contributed by atoms with Gasteiger partial charge in [-0.2, -0.15) is 0 Å². The van der Waals surface area contributed by atoms with Crippen LogP contribution in [0.5, 0.6) is 17.2 Å². The average molecular weight is 375 g/mol. The minimum atomic E-state index is -0.330. The number of ether oxygens (including phenoxy) is 3. The number of fused-ring (bicyclic) bond motifs is 1. The van der Waals surface area contributed by atoms with Crippen molar-refractivity contribution < 1.29 is 23.4 Å². The standard InChI is InChI=1S/C19H18FNO4S/c1-10-16-12(20)6-5-7-15(16)26-18(10)19(22)21-11-8-13(23-2)17(25-4)14(9-11)24-3/h5-9H,1-4H3,(H,21,22). The van der Waals surface area contributed by atoms with Crippen LogP contribution in [0.3, 0.4) is 0 Å². The van der Waals surface area contributed by atoms with Crippen molar-refractivity contribution in [3.05, 3.63) is 46.6 Å². The molecule has 136 valence electrons. The maximum absolute atomic E-state index is 14.1. The van der Waals surface area contributed by atoms with E-state index in [4.69, 9.17) is 14.2 Å². The Kier molecular flexibility index (Phi) is 4.99. The summed E-state index contributed by atoms with van der Waals surface area (Å²) in [5.41, 5.74) is 1.11. The quantitative estimate of drug-likeness (QED) is 0.707. The van der Waals surface area contributed by atoms with E-state index in [1.54, 1.807) is 31.2 Å². The van der Waals surface area contributed by atoms with E-state index >= 15 is 0 Å². The molecule has 7 heteroatoms. The number of rotatable bonds is 5. The first-order valence-corrected chi connectivity index (χ1v) is 8.60. The molecule has 0 aliphatic carbocycles. The summed E-state index contributed by atoms with van der Waals surface area (Å²) in [7, 11) is 4.51. The Morgan fingerprint density at radius 1 is 1.08 bits per heavy atom. The summed E-state index contributed by atoms with van der Waals surface area (Å²) in [5.74, 6) is 0.649. The van der Waals surface area contributed by atoms with Crippen LogP contribution in [0.2, 0.25) is 0 Å². The lowest BCUT2D eigenvalue weighted by molar-refractivity contribution is 0.103. The molecule has 1 N–H and O–H groups in total. The van der Waals surface area contributed by atoms with Crippen molar-refractivity contribution in [3.63, 3.8) is 0 Å². The predicted molar refractivity (Wildman–Crippen MR) is 101 cm³/mol. The largest absolute Gasteiger partial charge is 0.493 e. The molecule has 3 rings (SSSR count). The molecule has 5 nitrogen and oxygen atoms in total. The van der Waals surface area contributed by atoms with Crippen molar-refractivity contribution in [1.29, 1.82) is 0 Å². The van der Waals surface area contributed by atoms with Gasteiger partial charge < -0.3 is 19.5 Å². The van der Waals surface area contributed by atoms with Crippen molar-refractivity contribution in [2.45, 2.75) is 6.92 Å². The number of hydrogen-bond acceptors (Lipinski definition) is 5. The lowest BCUT2D eigenvalue weighted by atomic mass is 10.1. The Morgan fingerprint density at radius 2 is 1.73 bits per heavy atom. The van der Waals surface area contributed by atoms with Crippen molar-refractivity contribution in [3.8, 4) is 17.2 Å². The van der Waals surface area contributed by atoms with Gasteiger partial charge in [-0.15, -0.1) is 11.3 Å². The highest BCUT2D eigenvalue weighted by Gasteiger charge is 2.20. The molecular formula is C19H18FNO4S. The van der Waals surface area contributed by atoms with Crippen LogP contribution >= 0.6 is 11.3 Å². The van der Waals surface area contributed by atoms with E-state index in [1.807, 2.05) is 0 Å². The Balaban J connectivity index is 1.98. The maximum Gasteiger partial charge on any atom is 0.266 e. The third-order valence-corrected chi connectivity index (χ3v) is 5.29. The third kappa shape index (κ3) is 3.06. The number of aryl methyl sites for hydroxylation is 1. The summed E-state index contributed by atoms with van der Waals surface area (Å²) >= 11 is 1.25. The number of nitrogens with one attached hydrogen (secondary N) is 1. The SMILES string of the molecule is COc1cc(NC(=O)c2sc3cccc(F)c3c2C)cc(OC)c1OC. The highest BCUT2D eigenvalue weighted by atomic mass is 32.1. The third-order valence-electron chi connectivity index (χ3n) is 4.03. The Hall–Kier alpha value is -2.80. The molecule has 0 atom stereocenters. The summed E-state index contributed by atoms with van der Waals surface area (Å²) in [6.07, 6.45) is 0. The van der Waals surface area contributed by atoms with Crippen molar-refractivity contribution in [2.75, 3.05) is 26.6 Å².